The van der Waals surface area contributed by atoms with Gasteiger partial charge in [-0.05, 0) is 6.92 Å². The van der Waals surface area contributed by atoms with E-state index in [2.05, 4.69) is 6.92 Å². The van der Waals surface area contributed by atoms with E-state index in [1.807, 2.05) is 5.32 Å². The van der Waals surface area contributed by atoms with E-state index in [9.17, 15) is 8.78 Å². The summed E-state index contributed by atoms with van der Waals surface area (Å²) in [5, 5.41) is 1.94. The summed E-state index contributed by atoms with van der Waals surface area (Å²) >= 11 is 0. The Morgan fingerprint density at radius 1 is 1.71 bits per heavy atom. The fourth-order valence-corrected chi connectivity index (χ4v) is 0.587. The molecular formula is C4H6F2N. The molecule has 1 nitrogen and oxygen atoms in total. The van der Waals surface area contributed by atoms with E-state index in [1.54, 1.807) is 0 Å². The molecule has 1 atom stereocenters. The van der Waals surface area contributed by atoms with Crippen molar-refractivity contribution in [1.82, 2.24) is 5.32 Å². The van der Waals surface area contributed by atoms with Crippen molar-refractivity contribution in [3.05, 3.63) is 6.92 Å². The van der Waals surface area contributed by atoms with Crippen molar-refractivity contribution < 1.29 is 8.78 Å². The van der Waals surface area contributed by atoms with Crippen molar-refractivity contribution in [1.29, 1.82) is 0 Å². The summed E-state index contributed by atoms with van der Waals surface area (Å²) in [5.74, 6) is 0. The van der Waals surface area contributed by atoms with Gasteiger partial charge in [0.15, 0.2) is 0 Å². The first-order valence-electron chi connectivity index (χ1n) is 2.09. The maximum Gasteiger partial charge on any atom is 0.304 e. The van der Waals surface area contributed by atoms with Gasteiger partial charge < -0.3 is 0 Å². The number of alkyl halides is 2. The smallest absolute Gasteiger partial charge is 0.255 e. The van der Waals surface area contributed by atoms with Gasteiger partial charge in [-0.2, -0.15) is 8.78 Å². The Hall–Kier alpha value is -0.180. The molecule has 1 radical (unpaired) electrons. The summed E-state index contributed by atoms with van der Waals surface area (Å²) in [4.78, 5) is 0. The highest BCUT2D eigenvalue weighted by Gasteiger charge is 2.41. The van der Waals surface area contributed by atoms with E-state index < -0.39 is 6.05 Å². The van der Waals surface area contributed by atoms with Crippen molar-refractivity contribution in [2.45, 2.75) is 18.5 Å². The van der Waals surface area contributed by atoms with Crippen LogP contribution in [0, 0.1) is 6.92 Å². The molecule has 41 valence electrons. The van der Waals surface area contributed by atoms with Crippen molar-refractivity contribution in [2.24, 2.45) is 0 Å². The van der Waals surface area contributed by atoms with Crippen LogP contribution in [0.1, 0.15) is 6.42 Å². The summed E-state index contributed by atoms with van der Waals surface area (Å²) in [7, 11) is 0. The first kappa shape index (κ1) is 4.97. The lowest BCUT2D eigenvalue weighted by molar-refractivity contribution is -0.112. The molecule has 0 aromatic heterocycles. The molecule has 1 aliphatic rings. The number of hydrogen-bond donors (Lipinski definition) is 1. The SMILES string of the molecule is [CH2]C1CC(F)(F)N1. The van der Waals surface area contributed by atoms with Crippen LogP contribution in [0.15, 0.2) is 0 Å². The van der Waals surface area contributed by atoms with Gasteiger partial charge in [-0.1, -0.05) is 0 Å². The molecule has 0 aromatic rings. The summed E-state index contributed by atoms with van der Waals surface area (Å²) in [6.45, 7) is 3.35. The standard InChI is InChI=1S/C4H6F2N/c1-3-2-4(5,6)7-3/h3,7H,1-2H2. The molecule has 0 amide bonds. The normalized spacial score (nSPS) is 37.3. The summed E-state index contributed by atoms with van der Waals surface area (Å²) < 4.78 is 23.3. The summed E-state index contributed by atoms with van der Waals surface area (Å²) in [6.07, 6.45) is -0.118. The minimum Gasteiger partial charge on any atom is -0.255 e. The van der Waals surface area contributed by atoms with Crippen LogP contribution >= 0.6 is 0 Å². The zero-order chi connectivity index (χ0) is 5.49. The van der Waals surface area contributed by atoms with E-state index in [-0.39, 0.29) is 12.5 Å². The molecule has 1 N–H and O–H groups in total. The highest BCUT2D eigenvalue weighted by molar-refractivity contribution is 4.88. The highest BCUT2D eigenvalue weighted by Crippen LogP contribution is 2.26. The minimum atomic E-state index is -2.62. The maximum atomic E-state index is 11.6. The molecule has 0 saturated carbocycles. The Morgan fingerprint density at radius 3 is 2.14 bits per heavy atom. The monoisotopic (exact) mass is 106 g/mol. The van der Waals surface area contributed by atoms with Crippen LogP contribution in [0.5, 0.6) is 0 Å². The third-order valence-corrected chi connectivity index (χ3v) is 0.918. The molecule has 0 aromatic carbocycles. The van der Waals surface area contributed by atoms with E-state index in [0.29, 0.717) is 0 Å². The molecule has 1 unspecified atom stereocenters. The average molecular weight is 106 g/mol. The summed E-state index contributed by atoms with van der Waals surface area (Å²) in [5.41, 5.74) is 0. The van der Waals surface area contributed by atoms with Gasteiger partial charge in [0.25, 0.3) is 0 Å². The van der Waals surface area contributed by atoms with Crippen LogP contribution in [0.2, 0.25) is 0 Å². The largest absolute Gasteiger partial charge is 0.304 e. The average Bonchev–Trinajstić information content (AvgIpc) is 1.27. The molecule has 3 heteroatoms. The lowest BCUT2D eigenvalue weighted by Crippen LogP contribution is -2.56. The predicted molar refractivity (Wildman–Crippen MR) is 21.8 cm³/mol. The number of nitrogens with one attached hydrogen (secondary N) is 1. The summed E-state index contributed by atoms with van der Waals surface area (Å²) in [6, 6.07) is -2.86. The van der Waals surface area contributed by atoms with Crippen molar-refractivity contribution in [3.8, 4) is 0 Å². The van der Waals surface area contributed by atoms with E-state index in [0.717, 1.165) is 0 Å². The van der Waals surface area contributed by atoms with Crippen LogP contribution < -0.4 is 5.32 Å². The predicted octanol–water partition coefficient (Wildman–Crippen LogP) is 0.775. The van der Waals surface area contributed by atoms with Gasteiger partial charge in [-0.25, -0.2) is 0 Å². The first-order chi connectivity index (χ1) is 3.10. The van der Waals surface area contributed by atoms with Crippen molar-refractivity contribution in [2.75, 3.05) is 0 Å². The third-order valence-electron chi connectivity index (χ3n) is 0.918. The molecule has 0 aliphatic carbocycles. The zero-order valence-electron chi connectivity index (χ0n) is 3.75. The Kier molecular flexibility index (Phi) is 0.819. The van der Waals surface area contributed by atoms with Crippen LogP contribution in [-0.2, 0) is 0 Å². The second-order valence-electron chi connectivity index (χ2n) is 1.75. The van der Waals surface area contributed by atoms with Gasteiger partial charge in [0.05, 0.1) is 0 Å². The van der Waals surface area contributed by atoms with Crippen molar-refractivity contribution in [3.63, 3.8) is 0 Å². The number of halogens is 2. The molecule has 1 fully saturated rings. The third kappa shape index (κ3) is 0.881. The fraction of sp³-hybridized carbons (Fsp3) is 0.750. The Bertz CT molecular complexity index is 73.8. The highest BCUT2D eigenvalue weighted by atomic mass is 19.3. The van der Waals surface area contributed by atoms with Gasteiger partial charge in [0.1, 0.15) is 0 Å². The molecular weight excluding hydrogens is 100 g/mol. The maximum absolute atomic E-state index is 11.6. The molecule has 1 rings (SSSR count). The molecule has 1 aliphatic heterocycles. The fourth-order valence-electron chi connectivity index (χ4n) is 0.587. The van der Waals surface area contributed by atoms with Gasteiger partial charge in [0.2, 0.25) is 0 Å². The van der Waals surface area contributed by atoms with E-state index in [1.165, 1.54) is 0 Å². The number of rotatable bonds is 0. The lowest BCUT2D eigenvalue weighted by Gasteiger charge is -2.33. The quantitative estimate of drug-likeness (QED) is 0.450. The number of hydrogen-bond acceptors (Lipinski definition) is 1. The van der Waals surface area contributed by atoms with E-state index >= 15 is 0 Å². The van der Waals surface area contributed by atoms with Gasteiger partial charge >= 0.3 is 6.05 Å². The Balaban J connectivity index is 2.29. The van der Waals surface area contributed by atoms with Gasteiger partial charge in [-0.3, -0.25) is 5.32 Å². The van der Waals surface area contributed by atoms with E-state index in [4.69, 9.17) is 0 Å². The Morgan fingerprint density at radius 2 is 2.14 bits per heavy atom. The second-order valence-corrected chi connectivity index (χ2v) is 1.75. The van der Waals surface area contributed by atoms with Gasteiger partial charge in [0, 0.05) is 12.5 Å². The van der Waals surface area contributed by atoms with Crippen LogP contribution in [-0.4, -0.2) is 12.1 Å². The first-order valence-corrected chi connectivity index (χ1v) is 2.09. The molecule has 7 heavy (non-hydrogen) atoms. The van der Waals surface area contributed by atoms with Crippen LogP contribution in [0.4, 0.5) is 8.78 Å². The minimum absolute atomic E-state index is 0.118. The van der Waals surface area contributed by atoms with Crippen LogP contribution in [0.25, 0.3) is 0 Å². The second kappa shape index (κ2) is 1.15. The topological polar surface area (TPSA) is 12.0 Å². The van der Waals surface area contributed by atoms with Crippen molar-refractivity contribution >= 4 is 0 Å². The van der Waals surface area contributed by atoms with Crippen LogP contribution in [0.3, 0.4) is 0 Å². The molecule has 0 bridgehead atoms. The molecule has 1 heterocycles. The molecule has 0 spiro atoms. The molecule has 1 saturated heterocycles. The lowest BCUT2D eigenvalue weighted by atomic mass is 10.1. The Labute approximate surface area is 40.7 Å². The zero-order valence-corrected chi connectivity index (χ0v) is 3.75. The van der Waals surface area contributed by atoms with Gasteiger partial charge in [-0.15, -0.1) is 0 Å².